The second kappa shape index (κ2) is 5.99. The molecule has 0 saturated heterocycles. The molecule has 0 spiro atoms. The van der Waals surface area contributed by atoms with Crippen LogP contribution in [0.5, 0.6) is 0 Å². The molecule has 0 unspecified atom stereocenters. The molecular weight excluding hydrogens is 340 g/mol. The number of hydrogen-bond acceptors (Lipinski definition) is 6. The monoisotopic (exact) mass is 352 g/mol. The van der Waals surface area contributed by atoms with Gasteiger partial charge in [0.2, 0.25) is 9.60 Å². The average molecular weight is 352 g/mol. The van der Waals surface area contributed by atoms with E-state index in [1.54, 1.807) is 9.36 Å². The Bertz CT molecular complexity index is 999. The minimum Gasteiger partial charge on any atom is -0.273 e. The first kappa shape index (κ1) is 14.7. The molecule has 0 atom stereocenters. The van der Waals surface area contributed by atoms with E-state index in [1.165, 1.54) is 22.7 Å². The summed E-state index contributed by atoms with van der Waals surface area (Å²) in [5.74, 6) is 0. The summed E-state index contributed by atoms with van der Waals surface area (Å²) < 4.78 is 3.16. The van der Waals surface area contributed by atoms with Gasteiger partial charge in [-0.3, -0.25) is 10.8 Å². The van der Waals surface area contributed by atoms with Crippen molar-refractivity contribution < 1.29 is 0 Å². The third-order valence-electron chi connectivity index (χ3n) is 3.34. The molecule has 0 radical (unpaired) electrons. The van der Waals surface area contributed by atoms with Crippen LogP contribution in [-0.2, 0) is 0 Å². The van der Waals surface area contributed by atoms with Crippen molar-refractivity contribution in [1.82, 2.24) is 19.6 Å². The predicted octanol–water partition coefficient (Wildman–Crippen LogP) is 2.81. The molecule has 6 nitrogen and oxygen atoms in total. The van der Waals surface area contributed by atoms with Gasteiger partial charge in [0.15, 0.2) is 10.0 Å². The van der Waals surface area contributed by atoms with Gasteiger partial charge in [-0.1, -0.05) is 59.1 Å². The Hall–Kier alpha value is -2.84. The Morgan fingerprint density at radius 3 is 1.38 bits per heavy atom. The van der Waals surface area contributed by atoms with E-state index in [4.69, 9.17) is 10.8 Å². The molecule has 4 rings (SSSR count). The van der Waals surface area contributed by atoms with E-state index >= 15 is 0 Å². The Morgan fingerprint density at radius 1 is 0.625 bits per heavy atom. The summed E-state index contributed by atoms with van der Waals surface area (Å²) in [6.45, 7) is 0. The van der Waals surface area contributed by atoms with Crippen LogP contribution in [0.15, 0.2) is 60.7 Å². The molecule has 0 saturated carbocycles. The van der Waals surface area contributed by atoms with Crippen LogP contribution in [0.2, 0.25) is 0 Å². The fourth-order valence-electron chi connectivity index (χ4n) is 2.24. The lowest BCUT2D eigenvalue weighted by molar-refractivity contribution is 0.809. The van der Waals surface area contributed by atoms with Gasteiger partial charge >= 0.3 is 0 Å². The minimum absolute atomic E-state index is 0.323. The first-order chi connectivity index (χ1) is 11.7. The summed E-state index contributed by atoms with van der Waals surface area (Å²) in [4.78, 5) is 0.647. The molecule has 118 valence electrons. The number of para-hydroxylation sites is 2. The lowest BCUT2D eigenvalue weighted by atomic mass is 10.3. The molecule has 0 aliphatic carbocycles. The Labute approximate surface area is 144 Å². The van der Waals surface area contributed by atoms with Crippen LogP contribution < -0.4 is 9.60 Å². The minimum atomic E-state index is 0.323. The summed E-state index contributed by atoms with van der Waals surface area (Å²) in [5.41, 5.74) is 1.67. The highest BCUT2D eigenvalue weighted by molar-refractivity contribution is 7.18. The van der Waals surface area contributed by atoms with Gasteiger partial charge in [0.1, 0.15) is 0 Å². The van der Waals surface area contributed by atoms with Gasteiger partial charge in [-0.25, -0.2) is 9.36 Å². The number of hydrogen-bond donors (Lipinski definition) is 2. The van der Waals surface area contributed by atoms with Crippen molar-refractivity contribution in [2.75, 3.05) is 0 Å². The normalized spacial score (nSPS) is 10.8. The summed E-state index contributed by atoms with van der Waals surface area (Å²) in [7, 11) is 0. The summed E-state index contributed by atoms with van der Waals surface area (Å²) >= 11 is 2.50. The van der Waals surface area contributed by atoms with Gasteiger partial charge in [-0.05, 0) is 24.3 Å². The Morgan fingerprint density at radius 2 is 1.00 bits per heavy atom. The molecule has 0 aliphatic heterocycles. The van der Waals surface area contributed by atoms with Gasteiger partial charge in [0, 0.05) is 0 Å². The van der Waals surface area contributed by atoms with E-state index in [-0.39, 0.29) is 0 Å². The SMILES string of the molecule is N=c1sc(-c2nn(-c3ccccc3)c(=N)s2)nn1-c1ccccc1. The van der Waals surface area contributed by atoms with Crippen molar-refractivity contribution in [3.05, 3.63) is 70.3 Å². The zero-order chi connectivity index (χ0) is 16.5. The standard InChI is InChI=1S/C16H12N6S2/c17-15-21(11-7-3-1-4-8-11)19-13(23-15)14-20-22(16(18)24-14)12-9-5-2-6-10-12/h1-10,17-18H. The fraction of sp³-hybridized carbons (Fsp3) is 0. The third-order valence-corrected chi connectivity index (χ3v) is 5.14. The van der Waals surface area contributed by atoms with E-state index in [1.807, 2.05) is 60.7 Å². The van der Waals surface area contributed by atoms with Gasteiger partial charge < -0.3 is 0 Å². The highest BCUT2D eigenvalue weighted by Gasteiger charge is 2.14. The van der Waals surface area contributed by atoms with Gasteiger partial charge in [0.05, 0.1) is 11.4 Å². The first-order valence-corrected chi connectivity index (χ1v) is 8.76. The molecule has 0 bridgehead atoms. The second-order valence-electron chi connectivity index (χ2n) is 4.92. The fourth-order valence-corrected chi connectivity index (χ4v) is 3.83. The van der Waals surface area contributed by atoms with E-state index in [2.05, 4.69) is 10.2 Å². The molecule has 0 amide bonds. The van der Waals surface area contributed by atoms with E-state index in [0.29, 0.717) is 19.6 Å². The van der Waals surface area contributed by atoms with Crippen LogP contribution in [0.1, 0.15) is 0 Å². The molecule has 0 fully saturated rings. The van der Waals surface area contributed by atoms with Crippen molar-refractivity contribution in [1.29, 1.82) is 10.8 Å². The topological polar surface area (TPSA) is 83.3 Å². The number of rotatable bonds is 3. The number of nitrogens with zero attached hydrogens (tertiary/aromatic N) is 4. The average Bonchev–Trinajstić information content (AvgIpc) is 3.19. The Kier molecular flexibility index (Phi) is 3.68. The van der Waals surface area contributed by atoms with E-state index in [9.17, 15) is 0 Å². The van der Waals surface area contributed by atoms with Crippen molar-refractivity contribution in [3.8, 4) is 21.4 Å². The Balaban J connectivity index is 1.79. The van der Waals surface area contributed by atoms with Crippen molar-refractivity contribution in [2.45, 2.75) is 0 Å². The van der Waals surface area contributed by atoms with Gasteiger partial charge in [0.25, 0.3) is 0 Å². The quantitative estimate of drug-likeness (QED) is 0.594. The van der Waals surface area contributed by atoms with Crippen molar-refractivity contribution in [3.63, 3.8) is 0 Å². The summed E-state index contributed by atoms with van der Waals surface area (Å²) in [6, 6.07) is 19.1. The van der Waals surface area contributed by atoms with Crippen LogP contribution in [-0.4, -0.2) is 19.6 Å². The first-order valence-electron chi connectivity index (χ1n) is 7.13. The number of nitrogens with one attached hydrogen (secondary N) is 2. The molecule has 4 aromatic rings. The van der Waals surface area contributed by atoms with Crippen LogP contribution in [0.3, 0.4) is 0 Å². The van der Waals surface area contributed by atoms with Gasteiger partial charge in [-0.2, -0.15) is 10.2 Å². The predicted molar refractivity (Wildman–Crippen MR) is 93.6 cm³/mol. The van der Waals surface area contributed by atoms with E-state index < -0.39 is 0 Å². The van der Waals surface area contributed by atoms with Crippen LogP contribution in [0, 0.1) is 10.8 Å². The molecule has 24 heavy (non-hydrogen) atoms. The van der Waals surface area contributed by atoms with Crippen LogP contribution in [0.25, 0.3) is 21.4 Å². The lowest BCUT2D eigenvalue weighted by Crippen LogP contribution is -2.12. The molecule has 2 heterocycles. The zero-order valence-electron chi connectivity index (χ0n) is 12.4. The summed E-state index contributed by atoms with van der Waals surface area (Å²) in [6.07, 6.45) is 0. The maximum absolute atomic E-state index is 8.15. The largest absolute Gasteiger partial charge is 0.273 e. The maximum Gasteiger partial charge on any atom is 0.205 e. The smallest absolute Gasteiger partial charge is 0.205 e. The zero-order valence-corrected chi connectivity index (χ0v) is 14.0. The van der Waals surface area contributed by atoms with Crippen LogP contribution >= 0.6 is 22.7 Å². The molecule has 0 aliphatic rings. The van der Waals surface area contributed by atoms with Crippen molar-refractivity contribution >= 4 is 22.7 Å². The van der Waals surface area contributed by atoms with E-state index in [0.717, 1.165) is 11.4 Å². The molecular formula is C16H12N6S2. The highest BCUT2D eigenvalue weighted by atomic mass is 32.1. The highest BCUT2D eigenvalue weighted by Crippen LogP contribution is 2.21. The second-order valence-corrected chi connectivity index (χ2v) is 6.87. The van der Waals surface area contributed by atoms with Gasteiger partial charge in [-0.15, -0.1) is 0 Å². The summed E-state index contributed by atoms with van der Waals surface area (Å²) in [5, 5.41) is 26.6. The van der Waals surface area contributed by atoms with Crippen LogP contribution in [0.4, 0.5) is 0 Å². The van der Waals surface area contributed by atoms with Crippen molar-refractivity contribution in [2.24, 2.45) is 0 Å². The molecule has 2 aromatic carbocycles. The lowest BCUT2D eigenvalue weighted by Gasteiger charge is -1.99. The number of benzene rings is 2. The molecule has 8 heteroatoms. The third kappa shape index (κ3) is 2.61. The number of aromatic nitrogens is 4. The molecule has 2 N–H and O–H groups in total. The maximum atomic E-state index is 8.15. The molecule has 2 aromatic heterocycles.